The van der Waals surface area contributed by atoms with Crippen LogP contribution in [0.25, 0.3) is 0 Å². The van der Waals surface area contributed by atoms with Crippen molar-refractivity contribution in [1.82, 2.24) is 0 Å². The Morgan fingerprint density at radius 2 is 1.10 bits per heavy atom. The molecule has 17 N–H and O–H groups in total. The van der Waals surface area contributed by atoms with E-state index in [4.69, 9.17) is 47.4 Å². The van der Waals surface area contributed by atoms with E-state index in [9.17, 15) is 86.8 Å². The average molecular weight is 1240 g/mol. The topological polar surface area (TPSA) is 436 Å². The third kappa shape index (κ3) is 12.4. The molecule has 4 aliphatic carbocycles. The number of fused-ring (bicyclic) bond motifs is 5. The summed E-state index contributed by atoms with van der Waals surface area (Å²) in [5.74, 6) is -0.768. The summed E-state index contributed by atoms with van der Waals surface area (Å²) in [6.07, 6.45) is -32.6. The number of ether oxygens (including phenoxy) is 10. The second-order valence-electron chi connectivity index (χ2n) is 28.1. The SMILES string of the molecule is CC(=CCCC(C)(OC1OC(COC2OCC(O)C(O)C2O)C(O)C(O)C1O)C1CCC2(C)C1C(O)CC1C3(C)CCC(OC4OC(COC5OC(C)C(O)C(O)C5O)C(O)C(O)C4OC4OC(CO)C(O)C(O)C4O)C(C)(C)C3CCC12C)CO. The summed E-state index contributed by atoms with van der Waals surface area (Å²) < 4.78 is 60.9. The molecule has 5 heterocycles. The molecule has 9 rings (SSSR count). The third-order valence-electron chi connectivity index (χ3n) is 22.7. The van der Waals surface area contributed by atoms with Crippen LogP contribution in [0, 0.1) is 45.3 Å². The number of allylic oxidation sites excluding steroid dienone is 1. The van der Waals surface area contributed by atoms with Gasteiger partial charge in [-0.1, -0.05) is 46.3 Å². The molecule has 5 saturated heterocycles. The highest BCUT2D eigenvalue weighted by molar-refractivity contribution is 5.21. The predicted octanol–water partition coefficient (Wildman–Crippen LogP) is -3.74. The second-order valence-corrected chi connectivity index (χ2v) is 28.1. The van der Waals surface area contributed by atoms with E-state index in [1.807, 2.05) is 13.0 Å². The Bertz CT molecular complexity index is 2270. The zero-order valence-corrected chi connectivity index (χ0v) is 50.5. The minimum atomic E-state index is -1.89. The normalized spacial score (nSPS) is 53.2. The molecule has 34 atom stereocenters. The monoisotopic (exact) mass is 1240 g/mol. The predicted molar refractivity (Wildman–Crippen MR) is 293 cm³/mol. The van der Waals surface area contributed by atoms with Crippen LogP contribution in [0.2, 0.25) is 0 Å². The zero-order chi connectivity index (χ0) is 63.1. The molecule has 0 amide bonds. The number of aliphatic hydroxyl groups is 17. The van der Waals surface area contributed by atoms with Crippen molar-refractivity contribution in [1.29, 1.82) is 0 Å². The molecule has 0 spiro atoms. The molecule has 0 aromatic rings. The standard InChI is InChI=1S/C59H100O27/c1-24(19-60)10-9-14-59(8,86-53-48(76)43(71)39(67)30(82-53)22-78-50-45(73)37(65)28(63)21-77-50)26-11-16-58(7)35(26)27(62)18-33-56(5)15-13-34(55(3,4)32(56)12-17-57(33,58)6)84-54-49(85-52-47(75)42(70)38(66)29(20-61)81-52)44(72)40(68)31(83-54)23-79-51-46(74)41(69)36(64)25(2)80-51/h10,25-54,60-76H,9,11-23H2,1-8H3. The first-order valence-corrected chi connectivity index (χ1v) is 30.8. The van der Waals surface area contributed by atoms with E-state index in [1.165, 1.54) is 6.92 Å². The Kier molecular flexibility index (Phi) is 21.3. The molecular weight excluding hydrogens is 1140 g/mol. The summed E-state index contributed by atoms with van der Waals surface area (Å²) in [6, 6.07) is 0. The van der Waals surface area contributed by atoms with Gasteiger partial charge >= 0.3 is 0 Å². The largest absolute Gasteiger partial charge is 0.394 e. The van der Waals surface area contributed by atoms with Crippen LogP contribution in [0.4, 0.5) is 0 Å². The Morgan fingerprint density at radius 1 is 0.547 bits per heavy atom. The highest BCUT2D eigenvalue weighted by Crippen LogP contribution is 2.76. The first-order valence-electron chi connectivity index (χ1n) is 30.8. The van der Waals surface area contributed by atoms with Gasteiger partial charge in [0.05, 0.1) is 56.9 Å². The van der Waals surface area contributed by atoms with Crippen molar-refractivity contribution in [2.45, 2.75) is 278 Å². The summed E-state index contributed by atoms with van der Waals surface area (Å²) in [6.45, 7) is 13.9. The summed E-state index contributed by atoms with van der Waals surface area (Å²) >= 11 is 0. The van der Waals surface area contributed by atoms with E-state index < -0.39 is 201 Å². The van der Waals surface area contributed by atoms with Gasteiger partial charge in [-0.05, 0) is 124 Å². The Labute approximate surface area is 501 Å². The van der Waals surface area contributed by atoms with Gasteiger partial charge in [0.1, 0.15) is 110 Å². The molecular formula is C59H100O27. The van der Waals surface area contributed by atoms with Crippen LogP contribution in [0.3, 0.4) is 0 Å². The van der Waals surface area contributed by atoms with Crippen LogP contribution < -0.4 is 0 Å². The molecule has 86 heavy (non-hydrogen) atoms. The molecule has 9 aliphatic rings. The molecule has 0 aromatic carbocycles. The van der Waals surface area contributed by atoms with Crippen molar-refractivity contribution < 1.29 is 134 Å². The molecule has 0 bridgehead atoms. The van der Waals surface area contributed by atoms with Gasteiger partial charge in [-0.15, -0.1) is 0 Å². The van der Waals surface area contributed by atoms with Crippen LogP contribution in [0.5, 0.6) is 0 Å². The van der Waals surface area contributed by atoms with Crippen molar-refractivity contribution in [3.8, 4) is 0 Å². The van der Waals surface area contributed by atoms with E-state index in [1.54, 1.807) is 6.92 Å². The number of rotatable bonds is 18. The number of aliphatic hydroxyl groups excluding tert-OH is 17. The highest BCUT2D eigenvalue weighted by atomic mass is 16.8. The summed E-state index contributed by atoms with van der Waals surface area (Å²) in [5, 5.41) is 185. The number of hydrogen-bond donors (Lipinski definition) is 17. The maximum absolute atomic E-state index is 12.9. The number of hydrogen-bond acceptors (Lipinski definition) is 27. The molecule has 9 fully saturated rings. The van der Waals surface area contributed by atoms with Crippen molar-refractivity contribution >= 4 is 0 Å². The van der Waals surface area contributed by atoms with E-state index in [2.05, 4.69) is 34.6 Å². The zero-order valence-electron chi connectivity index (χ0n) is 50.5. The van der Waals surface area contributed by atoms with Gasteiger partial charge in [-0.25, -0.2) is 0 Å². The van der Waals surface area contributed by atoms with Crippen LogP contribution >= 0.6 is 0 Å². The van der Waals surface area contributed by atoms with Gasteiger partial charge in [-0.3, -0.25) is 0 Å². The average Bonchev–Trinajstić information content (AvgIpc) is 1.23. The first kappa shape index (κ1) is 69.0. The van der Waals surface area contributed by atoms with Crippen molar-refractivity contribution in [2.24, 2.45) is 45.3 Å². The van der Waals surface area contributed by atoms with Gasteiger partial charge in [0.2, 0.25) is 0 Å². The van der Waals surface area contributed by atoms with E-state index in [0.29, 0.717) is 44.9 Å². The molecule has 34 unspecified atom stereocenters. The fourth-order valence-corrected chi connectivity index (χ4v) is 17.3. The van der Waals surface area contributed by atoms with Crippen LogP contribution in [0.15, 0.2) is 11.6 Å². The molecule has 0 aromatic heterocycles. The lowest BCUT2D eigenvalue weighted by Crippen LogP contribution is -2.68. The minimum Gasteiger partial charge on any atom is -0.394 e. The maximum Gasteiger partial charge on any atom is 0.187 e. The van der Waals surface area contributed by atoms with Crippen molar-refractivity contribution in [3.05, 3.63) is 11.6 Å². The Hall–Kier alpha value is -1.34. The smallest absolute Gasteiger partial charge is 0.187 e. The first-order chi connectivity index (χ1) is 40.3. The van der Waals surface area contributed by atoms with Crippen LogP contribution in [0.1, 0.15) is 113 Å². The van der Waals surface area contributed by atoms with Gasteiger partial charge in [-0.2, -0.15) is 0 Å². The van der Waals surface area contributed by atoms with Gasteiger partial charge in [0.25, 0.3) is 0 Å². The van der Waals surface area contributed by atoms with E-state index in [-0.39, 0.29) is 42.3 Å². The lowest BCUT2D eigenvalue weighted by atomic mass is 9.35. The molecule has 5 aliphatic heterocycles. The fourth-order valence-electron chi connectivity index (χ4n) is 17.3. The molecule has 0 radical (unpaired) electrons. The summed E-state index contributed by atoms with van der Waals surface area (Å²) in [7, 11) is 0. The van der Waals surface area contributed by atoms with Gasteiger partial charge in [0, 0.05) is 0 Å². The lowest BCUT2D eigenvalue weighted by Gasteiger charge is -2.71. The highest BCUT2D eigenvalue weighted by Gasteiger charge is 2.72. The maximum atomic E-state index is 12.9. The Morgan fingerprint density at radius 3 is 1.76 bits per heavy atom. The Balaban J connectivity index is 0.946. The molecule has 4 saturated carbocycles. The van der Waals surface area contributed by atoms with Gasteiger partial charge in [0.15, 0.2) is 31.5 Å². The van der Waals surface area contributed by atoms with Crippen molar-refractivity contribution in [3.63, 3.8) is 0 Å². The summed E-state index contributed by atoms with van der Waals surface area (Å²) in [4.78, 5) is 0. The van der Waals surface area contributed by atoms with Gasteiger partial charge < -0.3 is 134 Å². The van der Waals surface area contributed by atoms with E-state index >= 15 is 0 Å². The second kappa shape index (κ2) is 26.6. The quantitative estimate of drug-likeness (QED) is 0.0463. The van der Waals surface area contributed by atoms with Crippen LogP contribution in [-0.4, -0.2) is 285 Å². The fraction of sp³-hybridized carbons (Fsp3) is 0.966. The lowest BCUT2D eigenvalue weighted by molar-refractivity contribution is -0.382. The molecule has 27 nitrogen and oxygen atoms in total. The molecule has 27 heteroatoms. The molecule has 498 valence electrons. The van der Waals surface area contributed by atoms with E-state index in [0.717, 1.165) is 18.4 Å². The van der Waals surface area contributed by atoms with Crippen molar-refractivity contribution in [2.75, 3.05) is 33.0 Å². The third-order valence-corrected chi connectivity index (χ3v) is 22.7. The minimum absolute atomic E-state index is 0.0328. The van der Waals surface area contributed by atoms with Crippen LogP contribution in [-0.2, 0) is 47.4 Å². The summed E-state index contributed by atoms with van der Waals surface area (Å²) in [5.41, 5.74) is -2.35.